The zero-order chi connectivity index (χ0) is 11.1. The van der Waals surface area contributed by atoms with Gasteiger partial charge in [-0.25, -0.2) is 4.98 Å². The SMILES string of the molecule is CCCNCc1cncc(N(C)CC)n1. The predicted molar refractivity (Wildman–Crippen MR) is 63.0 cm³/mol. The molecule has 4 nitrogen and oxygen atoms in total. The number of nitrogens with one attached hydrogen (secondary N) is 1. The van der Waals surface area contributed by atoms with Crippen molar-refractivity contribution in [3.63, 3.8) is 0 Å². The summed E-state index contributed by atoms with van der Waals surface area (Å²) >= 11 is 0. The summed E-state index contributed by atoms with van der Waals surface area (Å²) < 4.78 is 0. The molecule has 0 spiro atoms. The van der Waals surface area contributed by atoms with Crippen LogP contribution in [-0.4, -0.2) is 30.1 Å². The molecule has 84 valence electrons. The molecule has 0 unspecified atom stereocenters. The van der Waals surface area contributed by atoms with E-state index in [4.69, 9.17) is 0 Å². The topological polar surface area (TPSA) is 41.1 Å². The van der Waals surface area contributed by atoms with E-state index in [2.05, 4.69) is 34.0 Å². The Morgan fingerprint density at radius 1 is 1.33 bits per heavy atom. The Labute approximate surface area is 91.7 Å². The van der Waals surface area contributed by atoms with Gasteiger partial charge in [0.15, 0.2) is 0 Å². The monoisotopic (exact) mass is 208 g/mol. The molecule has 1 aromatic rings. The van der Waals surface area contributed by atoms with Crippen LogP contribution in [0.25, 0.3) is 0 Å². The van der Waals surface area contributed by atoms with Gasteiger partial charge in [-0.2, -0.15) is 0 Å². The van der Waals surface area contributed by atoms with Gasteiger partial charge in [0.1, 0.15) is 5.82 Å². The largest absolute Gasteiger partial charge is 0.359 e. The first-order chi connectivity index (χ1) is 7.27. The lowest BCUT2D eigenvalue weighted by Gasteiger charge is -2.15. The molecule has 4 heteroatoms. The fourth-order valence-corrected chi connectivity index (χ4v) is 1.22. The molecule has 0 aliphatic heterocycles. The molecule has 0 saturated carbocycles. The zero-order valence-corrected chi connectivity index (χ0v) is 9.82. The van der Waals surface area contributed by atoms with Gasteiger partial charge in [-0.05, 0) is 19.9 Å². The van der Waals surface area contributed by atoms with Crippen molar-refractivity contribution in [3.8, 4) is 0 Å². The minimum Gasteiger partial charge on any atom is -0.359 e. The summed E-state index contributed by atoms with van der Waals surface area (Å²) in [7, 11) is 2.02. The number of rotatable bonds is 6. The Kier molecular flexibility index (Phi) is 5.04. The van der Waals surface area contributed by atoms with E-state index in [1.807, 2.05) is 13.2 Å². The molecular formula is C11H20N4. The molecule has 15 heavy (non-hydrogen) atoms. The maximum Gasteiger partial charge on any atom is 0.147 e. The van der Waals surface area contributed by atoms with Crippen molar-refractivity contribution in [3.05, 3.63) is 18.1 Å². The molecular weight excluding hydrogens is 188 g/mol. The van der Waals surface area contributed by atoms with Crippen molar-refractivity contribution in [2.45, 2.75) is 26.8 Å². The average molecular weight is 208 g/mol. The summed E-state index contributed by atoms with van der Waals surface area (Å²) in [6.45, 7) is 7.02. The van der Waals surface area contributed by atoms with Crippen LogP contribution in [0.5, 0.6) is 0 Å². The molecule has 1 aromatic heterocycles. The van der Waals surface area contributed by atoms with Crippen LogP contribution in [-0.2, 0) is 6.54 Å². The fourth-order valence-electron chi connectivity index (χ4n) is 1.22. The number of aromatic nitrogens is 2. The Balaban J connectivity index is 2.57. The minimum absolute atomic E-state index is 0.798. The molecule has 0 fully saturated rings. The van der Waals surface area contributed by atoms with Crippen LogP contribution in [0.2, 0.25) is 0 Å². The minimum atomic E-state index is 0.798. The molecule has 0 bridgehead atoms. The highest BCUT2D eigenvalue weighted by atomic mass is 15.2. The average Bonchev–Trinajstić information content (AvgIpc) is 2.29. The third-order valence-electron chi connectivity index (χ3n) is 2.27. The molecule has 0 amide bonds. The van der Waals surface area contributed by atoms with Gasteiger partial charge in [-0.15, -0.1) is 0 Å². The summed E-state index contributed by atoms with van der Waals surface area (Å²) in [6, 6.07) is 0. The van der Waals surface area contributed by atoms with Crippen LogP contribution in [0, 0.1) is 0 Å². The van der Waals surface area contributed by atoms with Crippen LogP contribution in [0.4, 0.5) is 5.82 Å². The van der Waals surface area contributed by atoms with Crippen LogP contribution in [0.15, 0.2) is 12.4 Å². The van der Waals surface area contributed by atoms with Gasteiger partial charge in [0.05, 0.1) is 11.9 Å². The summed E-state index contributed by atoms with van der Waals surface area (Å²) in [5.74, 6) is 0.938. The van der Waals surface area contributed by atoms with E-state index in [-0.39, 0.29) is 0 Å². The van der Waals surface area contributed by atoms with Crippen molar-refractivity contribution in [1.29, 1.82) is 0 Å². The standard InChI is InChI=1S/C11H20N4/c1-4-6-12-7-10-8-13-9-11(14-10)15(3)5-2/h8-9,12H,4-7H2,1-3H3. The van der Waals surface area contributed by atoms with Gasteiger partial charge < -0.3 is 10.2 Å². The molecule has 0 radical (unpaired) electrons. The van der Waals surface area contributed by atoms with Crippen molar-refractivity contribution >= 4 is 5.82 Å². The highest BCUT2D eigenvalue weighted by molar-refractivity contribution is 5.34. The maximum atomic E-state index is 4.52. The van der Waals surface area contributed by atoms with E-state index >= 15 is 0 Å². The van der Waals surface area contributed by atoms with Gasteiger partial charge in [0.25, 0.3) is 0 Å². The summed E-state index contributed by atoms with van der Waals surface area (Å²) in [5.41, 5.74) is 1.00. The Morgan fingerprint density at radius 2 is 2.13 bits per heavy atom. The van der Waals surface area contributed by atoms with E-state index in [9.17, 15) is 0 Å². The van der Waals surface area contributed by atoms with Crippen molar-refractivity contribution in [2.24, 2.45) is 0 Å². The predicted octanol–water partition coefficient (Wildman–Crippen LogP) is 1.43. The first-order valence-corrected chi connectivity index (χ1v) is 5.50. The van der Waals surface area contributed by atoms with Crippen LogP contribution < -0.4 is 10.2 Å². The lowest BCUT2D eigenvalue weighted by atomic mass is 10.4. The Bertz CT molecular complexity index is 288. The van der Waals surface area contributed by atoms with Gasteiger partial charge in [0, 0.05) is 26.3 Å². The van der Waals surface area contributed by atoms with Crippen LogP contribution in [0.3, 0.4) is 0 Å². The van der Waals surface area contributed by atoms with Gasteiger partial charge in [-0.1, -0.05) is 6.92 Å². The highest BCUT2D eigenvalue weighted by Crippen LogP contribution is 2.06. The smallest absolute Gasteiger partial charge is 0.147 e. The number of hydrogen-bond donors (Lipinski definition) is 1. The molecule has 1 heterocycles. The van der Waals surface area contributed by atoms with Crippen molar-refractivity contribution in [1.82, 2.24) is 15.3 Å². The molecule has 1 rings (SSSR count). The van der Waals surface area contributed by atoms with E-state index in [0.29, 0.717) is 0 Å². The van der Waals surface area contributed by atoms with E-state index in [0.717, 1.165) is 37.6 Å². The van der Waals surface area contributed by atoms with E-state index in [1.165, 1.54) is 0 Å². The number of nitrogens with zero attached hydrogens (tertiary/aromatic N) is 3. The second-order valence-electron chi connectivity index (χ2n) is 3.56. The van der Waals surface area contributed by atoms with Gasteiger partial charge >= 0.3 is 0 Å². The normalized spacial score (nSPS) is 10.3. The quantitative estimate of drug-likeness (QED) is 0.718. The van der Waals surface area contributed by atoms with Crippen LogP contribution in [0.1, 0.15) is 26.0 Å². The zero-order valence-electron chi connectivity index (χ0n) is 9.82. The van der Waals surface area contributed by atoms with Gasteiger partial charge in [-0.3, -0.25) is 4.98 Å². The lowest BCUT2D eigenvalue weighted by molar-refractivity contribution is 0.661. The van der Waals surface area contributed by atoms with Gasteiger partial charge in [0.2, 0.25) is 0 Å². The fraction of sp³-hybridized carbons (Fsp3) is 0.636. The first kappa shape index (κ1) is 11.9. The number of hydrogen-bond acceptors (Lipinski definition) is 4. The summed E-state index contributed by atoms with van der Waals surface area (Å²) in [4.78, 5) is 10.8. The summed E-state index contributed by atoms with van der Waals surface area (Å²) in [6.07, 6.45) is 4.75. The van der Waals surface area contributed by atoms with E-state index in [1.54, 1.807) is 6.20 Å². The number of anilines is 1. The molecule has 1 N–H and O–H groups in total. The van der Waals surface area contributed by atoms with Crippen molar-refractivity contribution in [2.75, 3.05) is 25.0 Å². The first-order valence-electron chi connectivity index (χ1n) is 5.50. The lowest BCUT2D eigenvalue weighted by Crippen LogP contribution is -2.20. The van der Waals surface area contributed by atoms with E-state index < -0.39 is 0 Å². The van der Waals surface area contributed by atoms with Crippen molar-refractivity contribution < 1.29 is 0 Å². The third kappa shape index (κ3) is 3.83. The molecule has 0 aliphatic rings. The maximum absolute atomic E-state index is 4.52. The molecule has 0 saturated heterocycles. The molecule has 0 atom stereocenters. The second-order valence-corrected chi connectivity index (χ2v) is 3.56. The molecule has 0 aromatic carbocycles. The molecule has 0 aliphatic carbocycles. The Hall–Kier alpha value is -1.16. The Morgan fingerprint density at radius 3 is 2.80 bits per heavy atom. The summed E-state index contributed by atoms with van der Waals surface area (Å²) in [5, 5.41) is 3.31. The second kappa shape index (κ2) is 6.35. The highest BCUT2D eigenvalue weighted by Gasteiger charge is 2.01. The van der Waals surface area contributed by atoms with Crippen LogP contribution >= 0.6 is 0 Å². The third-order valence-corrected chi connectivity index (χ3v) is 2.27.